The molecule has 0 unspecified atom stereocenters. The average Bonchev–Trinajstić information content (AvgIpc) is 2.95. The zero-order valence-electron chi connectivity index (χ0n) is 23.9. The predicted octanol–water partition coefficient (Wildman–Crippen LogP) is 5.26. The van der Waals surface area contributed by atoms with E-state index in [4.69, 9.17) is 9.47 Å². The molecule has 0 aliphatic carbocycles. The zero-order chi connectivity index (χ0) is 29.6. The van der Waals surface area contributed by atoms with Gasteiger partial charge in [0.1, 0.15) is 11.4 Å². The number of carbonyl (C=O) groups is 3. The van der Waals surface area contributed by atoms with E-state index in [1.165, 1.54) is 19.2 Å². The Labute approximate surface area is 240 Å². The molecule has 1 heterocycles. The molecular weight excluding hydrogens is 525 g/mol. The molecule has 3 aromatic rings. The number of piperazine rings is 1. The number of rotatable bonds is 7. The van der Waals surface area contributed by atoms with E-state index in [-0.39, 0.29) is 29.9 Å². The van der Waals surface area contributed by atoms with E-state index in [9.17, 15) is 18.8 Å². The molecule has 1 fully saturated rings. The summed E-state index contributed by atoms with van der Waals surface area (Å²) in [6.45, 7) is 9.05. The smallest absolute Gasteiger partial charge is 0.410 e. The Morgan fingerprint density at radius 1 is 0.878 bits per heavy atom. The van der Waals surface area contributed by atoms with E-state index in [1.54, 1.807) is 35.2 Å². The Balaban J connectivity index is 1.38. The highest BCUT2D eigenvalue weighted by Gasteiger charge is 2.26. The van der Waals surface area contributed by atoms with E-state index in [0.29, 0.717) is 30.8 Å². The van der Waals surface area contributed by atoms with Crippen molar-refractivity contribution in [1.29, 1.82) is 0 Å². The lowest BCUT2D eigenvalue weighted by molar-refractivity contribution is 0.0139. The van der Waals surface area contributed by atoms with Crippen molar-refractivity contribution in [2.45, 2.75) is 39.5 Å². The van der Waals surface area contributed by atoms with Gasteiger partial charge in [0, 0.05) is 50.4 Å². The molecule has 216 valence electrons. The molecule has 3 aromatic carbocycles. The van der Waals surface area contributed by atoms with Crippen molar-refractivity contribution < 1.29 is 28.2 Å². The maximum atomic E-state index is 14.9. The molecule has 0 spiro atoms. The van der Waals surface area contributed by atoms with Crippen LogP contribution in [-0.4, -0.2) is 66.7 Å². The van der Waals surface area contributed by atoms with Crippen LogP contribution in [0.2, 0.25) is 0 Å². The van der Waals surface area contributed by atoms with Crippen LogP contribution >= 0.6 is 0 Å². The Morgan fingerprint density at radius 3 is 2.29 bits per heavy atom. The van der Waals surface area contributed by atoms with E-state index < -0.39 is 11.6 Å². The second kappa shape index (κ2) is 13.0. The number of nitrogens with one attached hydrogen (secondary N) is 1. The lowest BCUT2D eigenvalue weighted by Crippen LogP contribution is -2.49. The van der Waals surface area contributed by atoms with Crippen molar-refractivity contribution in [3.05, 3.63) is 94.8 Å². The first kappa shape index (κ1) is 29.7. The molecule has 2 amide bonds. The summed E-state index contributed by atoms with van der Waals surface area (Å²) in [5.41, 5.74) is 3.06. The van der Waals surface area contributed by atoms with Crippen molar-refractivity contribution >= 4 is 18.0 Å². The summed E-state index contributed by atoms with van der Waals surface area (Å²) in [5, 5.41) is 2.83. The summed E-state index contributed by atoms with van der Waals surface area (Å²) in [7, 11) is 1.28. The van der Waals surface area contributed by atoms with Gasteiger partial charge in [-0.1, -0.05) is 30.3 Å². The number of benzene rings is 3. The summed E-state index contributed by atoms with van der Waals surface area (Å²) in [6, 6.07) is 18.8. The molecule has 0 radical (unpaired) electrons. The summed E-state index contributed by atoms with van der Waals surface area (Å²) in [4.78, 5) is 40.8. The third-order valence-corrected chi connectivity index (χ3v) is 6.70. The van der Waals surface area contributed by atoms with Crippen molar-refractivity contribution in [1.82, 2.24) is 15.1 Å². The zero-order valence-corrected chi connectivity index (χ0v) is 23.9. The van der Waals surface area contributed by atoms with Crippen LogP contribution in [-0.2, 0) is 22.6 Å². The first-order chi connectivity index (χ1) is 19.5. The molecule has 1 saturated heterocycles. The highest BCUT2D eigenvalue weighted by Crippen LogP contribution is 2.26. The standard InChI is InChI=1S/C32H36FN3O5/c1-32(2,3)41-31(39)36-15-13-35(14-16-36)21-23-7-5-8-24(17-23)27-18-22(11-12-28(27)33)20-34-29(37)25-9-6-10-26(19-25)30(38)40-4/h5-12,17-19H,13-16,20-21H2,1-4H3,(H,34,37). The first-order valence-corrected chi connectivity index (χ1v) is 13.6. The summed E-state index contributed by atoms with van der Waals surface area (Å²) < 4.78 is 25.1. The maximum Gasteiger partial charge on any atom is 0.410 e. The van der Waals surface area contributed by atoms with Gasteiger partial charge in [0.2, 0.25) is 0 Å². The number of carbonyl (C=O) groups excluding carboxylic acids is 3. The van der Waals surface area contributed by atoms with Gasteiger partial charge in [-0.25, -0.2) is 14.0 Å². The molecule has 4 rings (SSSR count). The number of halogens is 1. The van der Waals surface area contributed by atoms with Gasteiger partial charge in [-0.05, 0) is 73.9 Å². The quantitative estimate of drug-likeness (QED) is 0.396. The maximum absolute atomic E-state index is 14.9. The van der Waals surface area contributed by atoms with Gasteiger partial charge in [0.25, 0.3) is 5.91 Å². The fourth-order valence-electron chi connectivity index (χ4n) is 4.60. The fourth-order valence-corrected chi connectivity index (χ4v) is 4.60. The van der Waals surface area contributed by atoms with Crippen LogP contribution in [0.3, 0.4) is 0 Å². The molecule has 0 bridgehead atoms. The molecule has 9 heteroatoms. The fraction of sp³-hybridized carbons (Fsp3) is 0.344. The Kier molecular flexibility index (Phi) is 9.39. The van der Waals surface area contributed by atoms with E-state index in [0.717, 1.165) is 29.8 Å². The van der Waals surface area contributed by atoms with Crippen LogP contribution in [0, 0.1) is 5.82 Å². The van der Waals surface area contributed by atoms with Gasteiger partial charge >= 0.3 is 12.1 Å². The Morgan fingerprint density at radius 2 is 1.59 bits per heavy atom. The number of methoxy groups -OCH3 is 1. The second-order valence-corrected chi connectivity index (χ2v) is 11.0. The molecule has 41 heavy (non-hydrogen) atoms. The molecule has 1 aliphatic rings. The minimum absolute atomic E-state index is 0.191. The Hall–Kier alpha value is -4.24. The number of esters is 1. The topological polar surface area (TPSA) is 88.2 Å². The molecule has 8 nitrogen and oxygen atoms in total. The van der Waals surface area contributed by atoms with E-state index in [2.05, 4.69) is 10.2 Å². The SMILES string of the molecule is COC(=O)c1cccc(C(=O)NCc2ccc(F)c(-c3cccc(CN4CCN(C(=O)OC(C)(C)C)CC4)c3)c2)c1. The molecule has 0 atom stereocenters. The summed E-state index contributed by atoms with van der Waals surface area (Å²) in [5.74, 6) is -1.22. The van der Waals surface area contributed by atoms with Crippen LogP contribution < -0.4 is 5.32 Å². The number of hydrogen-bond donors (Lipinski definition) is 1. The van der Waals surface area contributed by atoms with Crippen LogP contribution in [0.15, 0.2) is 66.7 Å². The minimum atomic E-state index is -0.523. The Bertz CT molecular complexity index is 1410. The highest BCUT2D eigenvalue weighted by atomic mass is 19.1. The van der Waals surface area contributed by atoms with Crippen molar-refractivity contribution in [3.8, 4) is 11.1 Å². The number of ether oxygens (including phenoxy) is 2. The van der Waals surface area contributed by atoms with Crippen LogP contribution in [0.4, 0.5) is 9.18 Å². The van der Waals surface area contributed by atoms with Gasteiger partial charge in [0.15, 0.2) is 0 Å². The van der Waals surface area contributed by atoms with Gasteiger partial charge in [-0.3, -0.25) is 9.69 Å². The minimum Gasteiger partial charge on any atom is -0.465 e. The lowest BCUT2D eigenvalue weighted by Gasteiger charge is -2.35. The molecular formula is C32H36FN3O5. The van der Waals surface area contributed by atoms with Crippen molar-refractivity contribution in [2.75, 3.05) is 33.3 Å². The van der Waals surface area contributed by atoms with Gasteiger partial charge < -0.3 is 19.7 Å². The van der Waals surface area contributed by atoms with E-state index >= 15 is 0 Å². The molecule has 0 aromatic heterocycles. The monoisotopic (exact) mass is 561 g/mol. The number of amides is 2. The number of hydrogen-bond acceptors (Lipinski definition) is 6. The largest absolute Gasteiger partial charge is 0.465 e. The predicted molar refractivity (Wildman–Crippen MR) is 154 cm³/mol. The third-order valence-electron chi connectivity index (χ3n) is 6.70. The summed E-state index contributed by atoms with van der Waals surface area (Å²) in [6.07, 6.45) is -0.291. The van der Waals surface area contributed by atoms with Crippen LogP contribution in [0.1, 0.15) is 52.6 Å². The molecule has 1 N–H and O–H groups in total. The van der Waals surface area contributed by atoms with E-state index in [1.807, 2.05) is 45.0 Å². The normalized spacial score (nSPS) is 13.9. The van der Waals surface area contributed by atoms with Gasteiger partial charge in [-0.15, -0.1) is 0 Å². The number of nitrogens with zero attached hydrogens (tertiary/aromatic N) is 2. The average molecular weight is 562 g/mol. The molecule has 0 saturated carbocycles. The second-order valence-electron chi connectivity index (χ2n) is 11.0. The third kappa shape index (κ3) is 8.14. The first-order valence-electron chi connectivity index (χ1n) is 13.6. The van der Waals surface area contributed by atoms with Crippen molar-refractivity contribution in [2.24, 2.45) is 0 Å². The van der Waals surface area contributed by atoms with Crippen LogP contribution in [0.25, 0.3) is 11.1 Å². The summed E-state index contributed by atoms with van der Waals surface area (Å²) >= 11 is 0. The van der Waals surface area contributed by atoms with Gasteiger partial charge in [0.05, 0.1) is 12.7 Å². The lowest BCUT2D eigenvalue weighted by atomic mass is 10.00. The molecule has 1 aliphatic heterocycles. The van der Waals surface area contributed by atoms with Gasteiger partial charge in [-0.2, -0.15) is 0 Å². The highest BCUT2D eigenvalue weighted by molar-refractivity contribution is 5.97. The van der Waals surface area contributed by atoms with Crippen molar-refractivity contribution in [3.63, 3.8) is 0 Å². The van der Waals surface area contributed by atoms with Crippen LogP contribution in [0.5, 0.6) is 0 Å².